The maximum absolute atomic E-state index is 12.4. The van der Waals surface area contributed by atoms with Crippen LogP contribution in [-0.2, 0) is 11.3 Å². The van der Waals surface area contributed by atoms with Gasteiger partial charge in [-0.05, 0) is 18.6 Å². The van der Waals surface area contributed by atoms with Crippen LogP contribution in [0.25, 0.3) is 0 Å². The number of rotatable bonds is 6. The van der Waals surface area contributed by atoms with E-state index in [1.807, 2.05) is 0 Å². The van der Waals surface area contributed by atoms with Crippen LogP contribution < -0.4 is 10.1 Å². The number of halogens is 5. The summed E-state index contributed by atoms with van der Waals surface area (Å²) in [5.74, 6) is -0.983. The zero-order valence-electron chi connectivity index (χ0n) is 13.1. The molecule has 3 amide bonds. The van der Waals surface area contributed by atoms with Crippen LogP contribution in [0.3, 0.4) is 0 Å². The normalized spacial score (nSPS) is 18.0. The quantitative estimate of drug-likeness (QED) is 0.622. The van der Waals surface area contributed by atoms with Crippen molar-refractivity contribution in [3.05, 3.63) is 29.3 Å². The van der Waals surface area contributed by atoms with Crippen molar-refractivity contribution in [2.45, 2.75) is 38.5 Å². The van der Waals surface area contributed by atoms with Crippen molar-refractivity contribution in [2.24, 2.45) is 0 Å². The SMILES string of the molecule is Cc1ccc(CN2C(=O)N[C@@H](CC(F)F)C2=O)c(OCC(F)(F)F)c1. The summed E-state index contributed by atoms with van der Waals surface area (Å²) in [6, 6.07) is 2.11. The summed E-state index contributed by atoms with van der Waals surface area (Å²) >= 11 is 0. The third-order valence-electron chi connectivity index (χ3n) is 3.46. The van der Waals surface area contributed by atoms with E-state index in [4.69, 9.17) is 4.74 Å². The Hall–Kier alpha value is -2.39. The van der Waals surface area contributed by atoms with Gasteiger partial charge >= 0.3 is 12.2 Å². The summed E-state index contributed by atoms with van der Waals surface area (Å²) < 4.78 is 66.6. The molecule has 1 atom stereocenters. The monoisotopic (exact) mass is 366 g/mol. The molecule has 0 saturated carbocycles. The first-order valence-corrected chi connectivity index (χ1v) is 7.26. The Morgan fingerprint density at radius 1 is 1.28 bits per heavy atom. The van der Waals surface area contributed by atoms with Gasteiger partial charge in [0.05, 0.1) is 6.54 Å². The van der Waals surface area contributed by atoms with Crippen LogP contribution in [-0.4, -0.2) is 42.1 Å². The molecule has 1 heterocycles. The fraction of sp³-hybridized carbons (Fsp3) is 0.467. The number of carbonyl (C=O) groups excluding carboxylic acids is 2. The van der Waals surface area contributed by atoms with Gasteiger partial charge in [0.25, 0.3) is 5.91 Å². The zero-order valence-corrected chi connectivity index (χ0v) is 13.1. The van der Waals surface area contributed by atoms with Gasteiger partial charge < -0.3 is 10.1 Å². The first-order valence-electron chi connectivity index (χ1n) is 7.26. The molecule has 25 heavy (non-hydrogen) atoms. The van der Waals surface area contributed by atoms with Gasteiger partial charge in [0.15, 0.2) is 6.61 Å². The molecule has 5 nitrogen and oxygen atoms in total. The highest BCUT2D eigenvalue weighted by molar-refractivity contribution is 6.04. The molecule has 0 unspecified atom stereocenters. The Morgan fingerprint density at radius 2 is 1.96 bits per heavy atom. The van der Waals surface area contributed by atoms with Gasteiger partial charge in [0, 0.05) is 12.0 Å². The van der Waals surface area contributed by atoms with Crippen molar-refractivity contribution >= 4 is 11.9 Å². The van der Waals surface area contributed by atoms with Crippen LogP contribution in [0.2, 0.25) is 0 Å². The number of alkyl halides is 5. The Bertz CT molecular complexity index is 663. The molecule has 0 radical (unpaired) electrons. The summed E-state index contributed by atoms with van der Waals surface area (Å²) in [7, 11) is 0. The van der Waals surface area contributed by atoms with Crippen molar-refractivity contribution in [1.82, 2.24) is 10.2 Å². The number of nitrogens with zero attached hydrogens (tertiary/aromatic N) is 1. The van der Waals surface area contributed by atoms with Crippen molar-refractivity contribution in [3.8, 4) is 5.75 Å². The van der Waals surface area contributed by atoms with Gasteiger partial charge in [-0.3, -0.25) is 9.69 Å². The largest absolute Gasteiger partial charge is 0.484 e. The molecule has 1 aliphatic heterocycles. The number of nitrogens with one attached hydrogen (secondary N) is 1. The predicted molar refractivity (Wildman–Crippen MR) is 76.2 cm³/mol. The molecule has 10 heteroatoms. The second-order valence-electron chi connectivity index (χ2n) is 5.57. The molecule has 0 aromatic heterocycles. The molecule has 1 saturated heterocycles. The van der Waals surface area contributed by atoms with Gasteiger partial charge in [0.1, 0.15) is 11.8 Å². The Morgan fingerprint density at radius 3 is 2.56 bits per heavy atom. The average Bonchev–Trinajstić information content (AvgIpc) is 2.73. The highest BCUT2D eigenvalue weighted by atomic mass is 19.4. The summed E-state index contributed by atoms with van der Waals surface area (Å²) in [6.45, 7) is -0.272. The van der Waals surface area contributed by atoms with Gasteiger partial charge in [-0.15, -0.1) is 0 Å². The molecule has 1 fully saturated rings. The highest BCUT2D eigenvalue weighted by Gasteiger charge is 2.39. The van der Waals surface area contributed by atoms with Crippen molar-refractivity contribution in [1.29, 1.82) is 0 Å². The number of aryl methyl sites for hydroxylation is 1. The maximum Gasteiger partial charge on any atom is 0.422 e. The molecule has 138 valence electrons. The van der Waals surface area contributed by atoms with E-state index >= 15 is 0 Å². The molecule has 1 aliphatic rings. The first-order chi connectivity index (χ1) is 11.6. The molecule has 1 aromatic rings. The molecule has 1 N–H and O–H groups in total. The Balaban J connectivity index is 2.16. The number of carbonyl (C=O) groups is 2. The van der Waals surface area contributed by atoms with Crippen LogP contribution >= 0.6 is 0 Å². The molecule has 0 aliphatic carbocycles. The third kappa shape index (κ3) is 5.04. The van der Waals surface area contributed by atoms with Crippen molar-refractivity contribution in [2.75, 3.05) is 6.61 Å². The lowest BCUT2D eigenvalue weighted by Gasteiger charge is -2.18. The Kier molecular flexibility index (Phi) is 5.48. The number of benzene rings is 1. The van der Waals surface area contributed by atoms with E-state index in [0.717, 1.165) is 0 Å². The lowest BCUT2D eigenvalue weighted by Crippen LogP contribution is -2.32. The number of hydrogen-bond acceptors (Lipinski definition) is 3. The minimum atomic E-state index is -4.55. The Labute approximate surface area is 139 Å². The van der Waals surface area contributed by atoms with E-state index in [2.05, 4.69) is 5.32 Å². The van der Waals surface area contributed by atoms with Crippen LogP contribution in [0.15, 0.2) is 18.2 Å². The van der Waals surface area contributed by atoms with Crippen LogP contribution in [0.4, 0.5) is 26.7 Å². The molecule has 1 aromatic carbocycles. The molecule has 0 bridgehead atoms. The topological polar surface area (TPSA) is 58.6 Å². The molecule has 2 rings (SSSR count). The average molecular weight is 366 g/mol. The maximum atomic E-state index is 12.4. The number of amides is 3. The van der Waals surface area contributed by atoms with Crippen LogP contribution in [0.1, 0.15) is 17.5 Å². The van der Waals surface area contributed by atoms with Crippen molar-refractivity contribution in [3.63, 3.8) is 0 Å². The van der Waals surface area contributed by atoms with E-state index in [0.29, 0.717) is 10.5 Å². The minimum Gasteiger partial charge on any atom is -0.484 e. The van der Waals surface area contributed by atoms with Crippen molar-refractivity contribution < 1.29 is 36.3 Å². The van der Waals surface area contributed by atoms with E-state index < -0.39 is 43.6 Å². The van der Waals surface area contributed by atoms with Gasteiger partial charge in [-0.1, -0.05) is 12.1 Å². The highest BCUT2D eigenvalue weighted by Crippen LogP contribution is 2.26. The van der Waals surface area contributed by atoms with Gasteiger partial charge in [-0.25, -0.2) is 13.6 Å². The fourth-order valence-corrected chi connectivity index (χ4v) is 2.32. The number of ether oxygens (including phenoxy) is 1. The lowest BCUT2D eigenvalue weighted by molar-refractivity contribution is -0.153. The second kappa shape index (κ2) is 7.24. The standard InChI is InChI=1S/C15H15F5N2O3/c1-8-2-3-9(11(4-8)25-7-15(18,19)20)6-22-13(23)10(5-12(16)17)21-14(22)24/h2-4,10,12H,5-7H2,1H3,(H,21,24)/t10-/m0/s1. The fourth-order valence-electron chi connectivity index (χ4n) is 2.32. The molecule has 0 spiro atoms. The van der Waals surface area contributed by atoms with Gasteiger partial charge in [0.2, 0.25) is 6.43 Å². The summed E-state index contributed by atoms with van der Waals surface area (Å²) in [5, 5.41) is 2.13. The summed E-state index contributed by atoms with van der Waals surface area (Å²) in [4.78, 5) is 24.5. The van der Waals surface area contributed by atoms with E-state index in [1.165, 1.54) is 12.1 Å². The van der Waals surface area contributed by atoms with E-state index in [9.17, 15) is 31.5 Å². The first kappa shape index (κ1) is 18.9. The smallest absolute Gasteiger partial charge is 0.422 e. The predicted octanol–water partition coefficient (Wildman–Crippen LogP) is 3.01. The van der Waals surface area contributed by atoms with Crippen LogP contribution in [0.5, 0.6) is 5.75 Å². The van der Waals surface area contributed by atoms with E-state index in [-0.39, 0.29) is 17.9 Å². The zero-order chi connectivity index (χ0) is 18.8. The summed E-state index contributed by atoms with van der Waals surface area (Å²) in [5.41, 5.74) is 0.782. The number of imide groups is 1. The molecular formula is C15H15F5N2O3. The minimum absolute atomic E-state index is 0.129. The van der Waals surface area contributed by atoms with E-state index in [1.54, 1.807) is 13.0 Å². The second-order valence-corrected chi connectivity index (χ2v) is 5.57. The summed E-state index contributed by atoms with van der Waals surface area (Å²) in [6.07, 6.45) is -8.16. The lowest BCUT2D eigenvalue weighted by atomic mass is 10.1. The third-order valence-corrected chi connectivity index (χ3v) is 3.46. The van der Waals surface area contributed by atoms with Gasteiger partial charge in [-0.2, -0.15) is 13.2 Å². The van der Waals surface area contributed by atoms with Crippen LogP contribution in [0, 0.1) is 6.92 Å². The number of hydrogen-bond donors (Lipinski definition) is 1. The number of urea groups is 1. The molecular weight excluding hydrogens is 351 g/mol.